The largest absolute Gasteiger partial charge is 0.495 e. The summed E-state index contributed by atoms with van der Waals surface area (Å²) in [6, 6.07) is 11.2. The molecule has 0 spiro atoms. The lowest BCUT2D eigenvalue weighted by Crippen LogP contribution is -2.14. The third kappa shape index (κ3) is 5.75. The lowest BCUT2D eigenvalue weighted by Gasteiger charge is -2.12. The number of hydrogen-bond donors (Lipinski definition) is 2. The number of methoxy groups -OCH3 is 2. The normalized spacial score (nSPS) is 10.5. The van der Waals surface area contributed by atoms with Crippen LogP contribution >= 0.6 is 34.7 Å². The van der Waals surface area contributed by atoms with E-state index in [2.05, 4.69) is 20.8 Å². The molecule has 3 rings (SSSR count). The quantitative estimate of drug-likeness (QED) is 0.467. The highest BCUT2D eigenvalue weighted by Crippen LogP contribution is 2.36. The van der Waals surface area contributed by atoms with Crippen molar-refractivity contribution in [2.24, 2.45) is 0 Å². The zero-order valence-corrected chi connectivity index (χ0v) is 18.4. The van der Waals surface area contributed by atoms with Crippen LogP contribution < -0.4 is 20.1 Å². The smallest absolute Gasteiger partial charge is 0.234 e. The van der Waals surface area contributed by atoms with Crippen LogP contribution in [0.1, 0.15) is 5.56 Å². The predicted octanol–water partition coefficient (Wildman–Crippen LogP) is 4.99. The number of nitrogens with zero attached hydrogens (tertiary/aromatic N) is 2. The standard InChI is InChI=1S/C19H19ClN4O3S2/c1-11-5-4-6-12(7-11)21-18-23-24-19(29-18)28-10-17(25)22-14-8-13(20)15(26-2)9-16(14)27-3/h4-9H,10H2,1-3H3,(H,21,23)(H,22,25). The number of benzene rings is 2. The summed E-state index contributed by atoms with van der Waals surface area (Å²) < 4.78 is 11.1. The van der Waals surface area contributed by atoms with E-state index >= 15 is 0 Å². The molecule has 1 heterocycles. The van der Waals surface area contributed by atoms with E-state index in [0.717, 1.165) is 11.3 Å². The molecule has 0 aliphatic rings. The molecule has 3 aromatic rings. The number of rotatable bonds is 8. The van der Waals surface area contributed by atoms with Crippen LogP contribution in [0.3, 0.4) is 0 Å². The van der Waals surface area contributed by atoms with Gasteiger partial charge in [-0.3, -0.25) is 4.79 Å². The van der Waals surface area contributed by atoms with Crippen LogP contribution in [0.25, 0.3) is 0 Å². The Morgan fingerprint density at radius 1 is 1.17 bits per heavy atom. The molecule has 0 aliphatic carbocycles. The zero-order chi connectivity index (χ0) is 20.8. The molecule has 0 bridgehead atoms. The number of nitrogens with one attached hydrogen (secondary N) is 2. The van der Waals surface area contributed by atoms with Crippen LogP contribution in [-0.4, -0.2) is 36.1 Å². The van der Waals surface area contributed by atoms with E-state index in [4.69, 9.17) is 21.1 Å². The van der Waals surface area contributed by atoms with Crippen molar-refractivity contribution in [1.29, 1.82) is 0 Å². The van der Waals surface area contributed by atoms with Crippen molar-refractivity contribution < 1.29 is 14.3 Å². The van der Waals surface area contributed by atoms with Crippen molar-refractivity contribution in [3.8, 4) is 11.5 Å². The van der Waals surface area contributed by atoms with Gasteiger partial charge in [0.1, 0.15) is 11.5 Å². The molecule has 1 aromatic heterocycles. The Labute approximate surface area is 181 Å². The number of aryl methyl sites for hydroxylation is 1. The van der Waals surface area contributed by atoms with Gasteiger partial charge < -0.3 is 20.1 Å². The predicted molar refractivity (Wildman–Crippen MR) is 118 cm³/mol. The maximum absolute atomic E-state index is 12.3. The lowest BCUT2D eigenvalue weighted by molar-refractivity contribution is -0.113. The molecule has 0 unspecified atom stereocenters. The molecule has 0 atom stereocenters. The average Bonchev–Trinajstić information content (AvgIpc) is 3.14. The van der Waals surface area contributed by atoms with Crippen molar-refractivity contribution in [3.05, 3.63) is 47.0 Å². The highest BCUT2D eigenvalue weighted by Gasteiger charge is 2.14. The van der Waals surface area contributed by atoms with E-state index in [-0.39, 0.29) is 11.7 Å². The third-order valence-corrected chi connectivity index (χ3v) is 6.02. The van der Waals surface area contributed by atoms with Crippen molar-refractivity contribution in [3.63, 3.8) is 0 Å². The molecular weight excluding hydrogens is 432 g/mol. The first-order valence-corrected chi connectivity index (χ1v) is 10.7. The molecule has 29 heavy (non-hydrogen) atoms. The van der Waals surface area contributed by atoms with E-state index in [9.17, 15) is 4.79 Å². The number of thioether (sulfide) groups is 1. The number of carbonyl (C=O) groups excluding carboxylic acids is 1. The van der Waals surface area contributed by atoms with Crippen LogP contribution in [0, 0.1) is 6.92 Å². The average molecular weight is 451 g/mol. The van der Waals surface area contributed by atoms with Gasteiger partial charge >= 0.3 is 0 Å². The Morgan fingerprint density at radius 3 is 2.69 bits per heavy atom. The number of halogens is 1. The fourth-order valence-electron chi connectivity index (χ4n) is 2.44. The summed E-state index contributed by atoms with van der Waals surface area (Å²) in [6.45, 7) is 2.02. The maximum Gasteiger partial charge on any atom is 0.234 e. The molecular formula is C19H19ClN4O3S2. The lowest BCUT2D eigenvalue weighted by atomic mass is 10.2. The second-order valence-corrected chi connectivity index (χ2v) is 8.50. The molecule has 0 radical (unpaired) electrons. The van der Waals surface area contributed by atoms with Crippen LogP contribution in [0.15, 0.2) is 40.7 Å². The fourth-order valence-corrected chi connectivity index (χ4v) is 4.25. The second kappa shape index (κ2) is 9.82. The second-order valence-electron chi connectivity index (χ2n) is 5.89. The number of anilines is 3. The Hall–Kier alpha value is -2.49. The van der Waals surface area contributed by atoms with Crippen LogP contribution in [-0.2, 0) is 4.79 Å². The number of carbonyl (C=O) groups is 1. The first-order chi connectivity index (χ1) is 14.0. The molecule has 0 fully saturated rings. The summed E-state index contributed by atoms with van der Waals surface area (Å²) in [4.78, 5) is 12.3. The van der Waals surface area contributed by atoms with Crippen molar-refractivity contribution in [2.45, 2.75) is 11.3 Å². The van der Waals surface area contributed by atoms with E-state index in [1.54, 1.807) is 12.1 Å². The summed E-state index contributed by atoms with van der Waals surface area (Å²) in [5.74, 6) is 0.896. The van der Waals surface area contributed by atoms with E-state index in [0.29, 0.717) is 31.7 Å². The maximum atomic E-state index is 12.3. The molecule has 0 saturated heterocycles. The summed E-state index contributed by atoms with van der Waals surface area (Å²) in [5, 5.41) is 15.3. The van der Waals surface area contributed by atoms with E-state index in [1.165, 1.54) is 37.3 Å². The van der Waals surface area contributed by atoms with Gasteiger partial charge in [0.25, 0.3) is 0 Å². The minimum atomic E-state index is -0.210. The van der Waals surface area contributed by atoms with E-state index < -0.39 is 0 Å². The Morgan fingerprint density at radius 2 is 1.97 bits per heavy atom. The molecule has 10 heteroatoms. The number of amides is 1. The Kier molecular flexibility index (Phi) is 7.18. The molecule has 152 valence electrons. The summed E-state index contributed by atoms with van der Waals surface area (Å²) in [6.07, 6.45) is 0. The van der Waals surface area contributed by atoms with Crippen molar-refractivity contribution in [2.75, 3.05) is 30.6 Å². The van der Waals surface area contributed by atoms with Gasteiger partial charge in [0.15, 0.2) is 4.34 Å². The Balaban J connectivity index is 1.57. The SMILES string of the molecule is COc1cc(OC)c(NC(=O)CSc2nnc(Nc3cccc(C)c3)s2)cc1Cl. The first-order valence-electron chi connectivity index (χ1n) is 8.50. The molecule has 2 aromatic carbocycles. The molecule has 0 aliphatic heterocycles. The number of hydrogen-bond acceptors (Lipinski definition) is 8. The Bertz CT molecular complexity index is 1010. The van der Waals surface area contributed by atoms with Crippen LogP contribution in [0.2, 0.25) is 5.02 Å². The number of aromatic nitrogens is 2. The van der Waals surface area contributed by atoms with Gasteiger partial charge in [-0.05, 0) is 30.7 Å². The first kappa shape index (κ1) is 21.2. The highest BCUT2D eigenvalue weighted by atomic mass is 35.5. The van der Waals surface area contributed by atoms with Gasteiger partial charge in [-0.2, -0.15) is 0 Å². The summed E-state index contributed by atoms with van der Waals surface area (Å²) in [7, 11) is 3.02. The van der Waals surface area contributed by atoms with Gasteiger partial charge in [0, 0.05) is 11.8 Å². The van der Waals surface area contributed by atoms with E-state index in [1.807, 2.05) is 31.2 Å². The van der Waals surface area contributed by atoms with Crippen molar-refractivity contribution in [1.82, 2.24) is 10.2 Å². The van der Waals surface area contributed by atoms with Gasteiger partial charge in [-0.15, -0.1) is 10.2 Å². The third-order valence-electron chi connectivity index (χ3n) is 3.75. The minimum Gasteiger partial charge on any atom is -0.495 e. The number of ether oxygens (including phenoxy) is 2. The summed E-state index contributed by atoms with van der Waals surface area (Å²) in [5.41, 5.74) is 2.57. The van der Waals surface area contributed by atoms with Gasteiger partial charge in [-0.1, -0.05) is 46.8 Å². The topological polar surface area (TPSA) is 85.4 Å². The fraction of sp³-hybridized carbons (Fsp3) is 0.211. The summed E-state index contributed by atoms with van der Waals surface area (Å²) >= 11 is 8.82. The van der Waals surface area contributed by atoms with Gasteiger partial charge in [-0.25, -0.2) is 0 Å². The molecule has 1 amide bonds. The van der Waals surface area contributed by atoms with Crippen LogP contribution in [0.5, 0.6) is 11.5 Å². The van der Waals surface area contributed by atoms with Crippen LogP contribution in [0.4, 0.5) is 16.5 Å². The molecule has 7 nitrogen and oxygen atoms in total. The van der Waals surface area contributed by atoms with Gasteiger partial charge in [0.05, 0.1) is 30.7 Å². The van der Waals surface area contributed by atoms with Gasteiger partial charge in [0.2, 0.25) is 11.0 Å². The zero-order valence-electron chi connectivity index (χ0n) is 16.0. The minimum absolute atomic E-state index is 0.173. The monoisotopic (exact) mass is 450 g/mol. The molecule has 0 saturated carbocycles. The highest BCUT2D eigenvalue weighted by molar-refractivity contribution is 8.01. The van der Waals surface area contributed by atoms with Crippen molar-refractivity contribution >= 4 is 57.1 Å². The molecule has 2 N–H and O–H groups in total.